The first-order valence-corrected chi connectivity index (χ1v) is 7.55. The lowest BCUT2D eigenvalue weighted by molar-refractivity contribution is 0.0935. The zero-order chi connectivity index (χ0) is 15.6. The molecule has 112 valence electrons. The minimum Gasteiger partial charge on any atom is -0.399 e. The molecule has 3 N–H and O–H groups in total. The van der Waals surface area contributed by atoms with Crippen molar-refractivity contribution in [2.75, 3.05) is 5.73 Å². The van der Waals surface area contributed by atoms with E-state index in [0.717, 1.165) is 16.3 Å². The van der Waals surface area contributed by atoms with Gasteiger partial charge in [0.25, 0.3) is 5.91 Å². The Morgan fingerprint density at radius 3 is 2.86 bits per heavy atom. The molecule has 0 saturated heterocycles. The lowest BCUT2D eigenvalue weighted by Crippen LogP contribution is -2.27. The van der Waals surface area contributed by atoms with Crippen LogP contribution in [0.4, 0.5) is 10.1 Å². The number of nitrogen functional groups attached to an aromatic ring is 1. The van der Waals surface area contributed by atoms with E-state index < -0.39 is 11.7 Å². The molecule has 0 radical (unpaired) electrons. The molecule has 1 amide bonds. The van der Waals surface area contributed by atoms with Gasteiger partial charge in [-0.05, 0) is 38.0 Å². The highest BCUT2D eigenvalue weighted by Crippen LogP contribution is 2.22. The first-order valence-electron chi connectivity index (χ1n) is 6.73. The summed E-state index contributed by atoms with van der Waals surface area (Å²) in [6, 6.07) is 2.58. The number of anilines is 1. The maximum absolute atomic E-state index is 14.0. The van der Waals surface area contributed by atoms with Gasteiger partial charge in [-0.25, -0.2) is 9.37 Å². The van der Waals surface area contributed by atoms with Gasteiger partial charge in [-0.1, -0.05) is 6.92 Å². The molecule has 0 spiro atoms. The number of aromatic nitrogens is 1. The topological polar surface area (TPSA) is 68.0 Å². The van der Waals surface area contributed by atoms with E-state index in [-0.39, 0.29) is 11.6 Å². The molecular weight excluding hydrogens is 289 g/mol. The lowest BCUT2D eigenvalue weighted by Gasteiger charge is -2.13. The SMILES string of the molecule is CCc1cnc(C(C)NC(=O)c2cc(N)cc(C)c2F)s1. The highest BCUT2D eigenvalue weighted by Gasteiger charge is 2.18. The van der Waals surface area contributed by atoms with Crippen LogP contribution < -0.4 is 11.1 Å². The van der Waals surface area contributed by atoms with E-state index in [1.54, 1.807) is 24.5 Å². The third-order valence-corrected chi connectivity index (χ3v) is 4.48. The van der Waals surface area contributed by atoms with Crippen molar-refractivity contribution in [1.29, 1.82) is 0 Å². The molecular formula is C15H18FN3OS. The number of nitrogens with zero attached hydrogens (tertiary/aromatic N) is 1. The quantitative estimate of drug-likeness (QED) is 0.852. The second-order valence-corrected chi connectivity index (χ2v) is 6.06. The molecule has 0 saturated carbocycles. The zero-order valence-corrected chi connectivity index (χ0v) is 13.1. The summed E-state index contributed by atoms with van der Waals surface area (Å²) in [7, 11) is 0. The number of nitrogens with one attached hydrogen (secondary N) is 1. The van der Waals surface area contributed by atoms with Crippen LogP contribution in [0.3, 0.4) is 0 Å². The van der Waals surface area contributed by atoms with Crippen LogP contribution in [0.25, 0.3) is 0 Å². The number of benzene rings is 1. The van der Waals surface area contributed by atoms with Crippen molar-refractivity contribution in [2.45, 2.75) is 33.2 Å². The van der Waals surface area contributed by atoms with E-state index in [1.807, 2.05) is 13.8 Å². The number of nitrogens with two attached hydrogens (primary N) is 1. The summed E-state index contributed by atoms with van der Waals surface area (Å²) >= 11 is 1.54. The monoisotopic (exact) mass is 307 g/mol. The number of halogens is 1. The Morgan fingerprint density at radius 2 is 2.24 bits per heavy atom. The smallest absolute Gasteiger partial charge is 0.254 e. The van der Waals surface area contributed by atoms with E-state index in [9.17, 15) is 9.18 Å². The van der Waals surface area contributed by atoms with Crippen LogP contribution in [-0.4, -0.2) is 10.9 Å². The third kappa shape index (κ3) is 3.39. The Labute approximate surface area is 127 Å². The molecule has 1 heterocycles. The molecule has 1 aromatic carbocycles. The van der Waals surface area contributed by atoms with Gasteiger partial charge in [-0.15, -0.1) is 11.3 Å². The second kappa shape index (κ2) is 6.22. The molecule has 1 unspecified atom stereocenters. The van der Waals surface area contributed by atoms with Crippen LogP contribution in [0.2, 0.25) is 0 Å². The van der Waals surface area contributed by atoms with Crippen LogP contribution in [0.5, 0.6) is 0 Å². The van der Waals surface area contributed by atoms with Crippen molar-refractivity contribution in [3.8, 4) is 0 Å². The normalized spacial score (nSPS) is 12.2. The molecule has 0 aliphatic rings. The molecule has 1 aromatic heterocycles. The molecule has 0 bridgehead atoms. The average Bonchev–Trinajstić information content (AvgIpc) is 2.91. The molecule has 2 rings (SSSR count). The van der Waals surface area contributed by atoms with Gasteiger partial charge in [0, 0.05) is 16.8 Å². The van der Waals surface area contributed by atoms with E-state index in [2.05, 4.69) is 10.3 Å². The lowest BCUT2D eigenvalue weighted by atomic mass is 10.1. The van der Waals surface area contributed by atoms with Gasteiger partial charge in [0.2, 0.25) is 0 Å². The van der Waals surface area contributed by atoms with Crippen molar-refractivity contribution in [1.82, 2.24) is 10.3 Å². The number of rotatable bonds is 4. The summed E-state index contributed by atoms with van der Waals surface area (Å²) in [5, 5.41) is 3.57. The highest BCUT2D eigenvalue weighted by molar-refractivity contribution is 7.11. The minimum absolute atomic E-state index is 0.0355. The predicted molar refractivity (Wildman–Crippen MR) is 82.9 cm³/mol. The number of carbonyl (C=O) groups excluding carboxylic acids is 1. The Morgan fingerprint density at radius 1 is 1.52 bits per heavy atom. The summed E-state index contributed by atoms with van der Waals surface area (Å²) < 4.78 is 14.0. The van der Waals surface area contributed by atoms with E-state index in [4.69, 9.17) is 5.73 Å². The molecule has 0 aliphatic carbocycles. The predicted octanol–water partition coefficient (Wildman–Crippen LogP) is 3.23. The van der Waals surface area contributed by atoms with Gasteiger partial charge in [0.1, 0.15) is 10.8 Å². The molecule has 0 fully saturated rings. The maximum atomic E-state index is 14.0. The van der Waals surface area contributed by atoms with Crippen LogP contribution in [-0.2, 0) is 6.42 Å². The van der Waals surface area contributed by atoms with Gasteiger partial charge >= 0.3 is 0 Å². The van der Waals surface area contributed by atoms with E-state index in [1.165, 1.54) is 12.1 Å². The summed E-state index contributed by atoms with van der Waals surface area (Å²) in [5.41, 5.74) is 6.36. The van der Waals surface area contributed by atoms with Crippen LogP contribution in [0, 0.1) is 12.7 Å². The Bertz CT molecular complexity index is 669. The van der Waals surface area contributed by atoms with Gasteiger partial charge in [-0.3, -0.25) is 4.79 Å². The molecule has 4 nitrogen and oxygen atoms in total. The van der Waals surface area contributed by atoms with Crippen molar-refractivity contribution in [2.24, 2.45) is 0 Å². The first kappa shape index (κ1) is 15.4. The van der Waals surface area contributed by atoms with Crippen LogP contribution >= 0.6 is 11.3 Å². The van der Waals surface area contributed by atoms with Crippen molar-refractivity contribution in [3.05, 3.63) is 45.2 Å². The zero-order valence-electron chi connectivity index (χ0n) is 12.2. The number of amides is 1. The minimum atomic E-state index is -0.540. The number of aryl methyl sites for hydroxylation is 2. The van der Waals surface area contributed by atoms with Gasteiger partial charge in [0.15, 0.2) is 0 Å². The fraction of sp³-hybridized carbons (Fsp3) is 0.333. The molecule has 0 aliphatic heterocycles. The number of thiazole rings is 1. The fourth-order valence-corrected chi connectivity index (χ4v) is 2.84. The number of hydrogen-bond donors (Lipinski definition) is 2. The molecule has 21 heavy (non-hydrogen) atoms. The number of carbonyl (C=O) groups is 1. The van der Waals surface area contributed by atoms with Gasteiger partial charge in [0.05, 0.1) is 11.6 Å². The largest absolute Gasteiger partial charge is 0.399 e. The number of hydrogen-bond acceptors (Lipinski definition) is 4. The summed E-state index contributed by atoms with van der Waals surface area (Å²) in [4.78, 5) is 17.6. The third-order valence-electron chi connectivity index (χ3n) is 3.16. The molecule has 2 aromatic rings. The van der Waals surface area contributed by atoms with Crippen LogP contribution in [0.1, 0.15) is 45.7 Å². The van der Waals surface area contributed by atoms with Crippen molar-refractivity contribution in [3.63, 3.8) is 0 Å². The Hall–Kier alpha value is -1.95. The van der Waals surface area contributed by atoms with E-state index in [0.29, 0.717) is 11.3 Å². The van der Waals surface area contributed by atoms with Crippen LogP contribution in [0.15, 0.2) is 18.3 Å². The summed E-state index contributed by atoms with van der Waals surface area (Å²) in [5.74, 6) is -1.02. The Kier molecular flexibility index (Phi) is 4.57. The van der Waals surface area contributed by atoms with Crippen molar-refractivity contribution >= 4 is 22.9 Å². The van der Waals surface area contributed by atoms with Gasteiger partial charge < -0.3 is 11.1 Å². The van der Waals surface area contributed by atoms with Crippen molar-refractivity contribution < 1.29 is 9.18 Å². The maximum Gasteiger partial charge on any atom is 0.254 e. The summed E-state index contributed by atoms with van der Waals surface area (Å²) in [6.45, 7) is 5.46. The van der Waals surface area contributed by atoms with Gasteiger partial charge in [-0.2, -0.15) is 0 Å². The second-order valence-electron chi connectivity index (χ2n) is 4.91. The fourth-order valence-electron chi connectivity index (χ4n) is 1.99. The van der Waals surface area contributed by atoms with E-state index >= 15 is 0 Å². The first-order chi connectivity index (χ1) is 9.92. The standard InChI is InChI=1S/C15H18FN3OS/c1-4-11-7-18-15(21-11)9(3)19-14(20)12-6-10(17)5-8(2)13(12)16/h5-7,9H,4,17H2,1-3H3,(H,19,20). The summed E-state index contributed by atoms with van der Waals surface area (Å²) in [6.07, 6.45) is 2.70. The Balaban J connectivity index is 2.18. The average molecular weight is 307 g/mol. The molecule has 1 atom stereocenters. The highest BCUT2D eigenvalue weighted by atomic mass is 32.1. The molecule has 6 heteroatoms.